The molecule has 0 aromatic carbocycles. The predicted octanol–water partition coefficient (Wildman–Crippen LogP) is 0.391. The van der Waals surface area contributed by atoms with Crippen LogP contribution in [0.25, 0.3) is 0 Å². The fourth-order valence-electron chi connectivity index (χ4n) is 0.617. The van der Waals surface area contributed by atoms with Crippen molar-refractivity contribution in [2.24, 2.45) is 0 Å². The van der Waals surface area contributed by atoms with Gasteiger partial charge < -0.3 is 9.47 Å². The highest BCUT2D eigenvalue weighted by molar-refractivity contribution is 4.78. The van der Waals surface area contributed by atoms with E-state index in [1.54, 1.807) is 0 Å². The van der Waals surface area contributed by atoms with Crippen molar-refractivity contribution >= 4 is 0 Å². The highest BCUT2D eigenvalue weighted by Crippen LogP contribution is 1.99. The van der Waals surface area contributed by atoms with Gasteiger partial charge in [0.1, 0.15) is 0 Å². The molecule has 0 aromatic heterocycles. The van der Waals surface area contributed by atoms with Gasteiger partial charge in [-0.25, -0.2) is 0 Å². The van der Waals surface area contributed by atoms with Gasteiger partial charge in [-0.15, -0.1) is 0 Å². The fourth-order valence-corrected chi connectivity index (χ4v) is 0.617. The molecule has 0 aliphatic carbocycles. The van der Waals surface area contributed by atoms with Gasteiger partial charge in [0.25, 0.3) is 0 Å². The predicted molar refractivity (Wildman–Crippen MR) is 29.4 cm³/mol. The maximum absolute atomic E-state index is 5.17. The van der Waals surface area contributed by atoms with Crippen LogP contribution >= 0.6 is 0 Å². The molecule has 1 unspecified atom stereocenters. The Hall–Kier alpha value is -0.340. The van der Waals surface area contributed by atoms with Gasteiger partial charge >= 0.3 is 0 Å². The molecule has 1 aliphatic rings. The minimum atomic E-state index is 0.0174. The van der Waals surface area contributed by atoms with E-state index in [0.717, 1.165) is 0 Å². The minimum absolute atomic E-state index is 0.0174. The van der Waals surface area contributed by atoms with Gasteiger partial charge in [0.05, 0.1) is 25.9 Å². The molecule has 1 aliphatic heterocycles. The molecule has 1 radical (unpaired) electrons. The summed E-state index contributed by atoms with van der Waals surface area (Å²) < 4.78 is 10.2. The molecule has 1 fully saturated rings. The molecule has 2 heteroatoms. The smallest absolute Gasteiger partial charge is 0.0993 e. The van der Waals surface area contributed by atoms with Crippen LogP contribution in [0.1, 0.15) is 0 Å². The Morgan fingerprint density at radius 3 is 2.75 bits per heavy atom. The summed E-state index contributed by atoms with van der Waals surface area (Å²) in [5, 5.41) is 0. The van der Waals surface area contributed by atoms with E-state index in [0.29, 0.717) is 19.8 Å². The second-order valence-electron chi connectivity index (χ2n) is 1.68. The third-order valence-corrected chi connectivity index (χ3v) is 1.06. The highest BCUT2D eigenvalue weighted by Gasteiger charge is 2.08. The molecule has 0 N–H and O–H groups in total. The molecule has 1 atom stereocenters. The molecule has 0 saturated carbocycles. The highest BCUT2D eigenvalue weighted by atomic mass is 16.6. The maximum Gasteiger partial charge on any atom is 0.0993 e. The topological polar surface area (TPSA) is 18.5 Å². The van der Waals surface area contributed by atoms with Crippen LogP contribution in [0.2, 0.25) is 0 Å². The normalized spacial score (nSPS) is 29.8. The van der Waals surface area contributed by atoms with Crippen LogP contribution < -0.4 is 0 Å². The number of hydrogen-bond acceptors (Lipinski definition) is 2. The zero-order chi connectivity index (χ0) is 5.82. The molecule has 1 saturated heterocycles. The van der Waals surface area contributed by atoms with Crippen LogP contribution in [-0.2, 0) is 9.47 Å². The summed E-state index contributed by atoms with van der Waals surface area (Å²) in [6.07, 6.45) is 1.53. The Labute approximate surface area is 49.1 Å². The number of ether oxygens (including phenoxy) is 2. The van der Waals surface area contributed by atoms with E-state index < -0.39 is 0 Å². The summed E-state index contributed by atoms with van der Waals surface area (Å²) in [6, 6.07) is 0. The second-order valence-corrected chi connectivity index (χ2v) is 1.68. The Balaban J connectivity index is 2.22. The largest absolute Gasteiger partial charge is 0.376 e. The standard InChI is InChI=1S/C6H9O2/c1-2-6-5-7-3-4-8-6/h1-2,6H,3-5H2. The zero-order valence-electron chi connectivity index (χ0n) is 4.67. The molecule has 45 valence electrons. The first-order chi connectivity index (χ1) is 3.93. The summed E-state index contributed by atoms with van der Waals surface area (Å²) in [7, 11) is 0. The summed E-state index contributed by atoms with van der Waals surface area (Å²) in [5.41, 5.74) is 0. The van der Waals surface area contributed by atoms with Crippen molar-refractivity contribution in [1.82, 2.24) is 0 Å². The first-order valence-corrected chi connectivity index (χ1v) is 2.68. The van der Waals surface area contributed by atoms with E-state index >= 15 is 0 Å². The quantitative estimate of drug-likeness (QED) is 0.489. The molecular weight excluding hydrogens is 104 g/mol. The van der Waals surface area contributed by atoms with Crippen molar-refractivity contribution in [3.8, 4) is 0 Å². The lowest BCUT2D eigenvalue weighted by Gasteiger charge is -2.18. The third kappa shape index (κ3) is 1.32. The van der Waals surface area contributed by atoms with Crippen LogP contribution in [0.3, 0.4) is 0 Å². The van der Waals surface area contributed by atoms with Crippen molar-refractivity contribution in [2.45, 2.75) is 6.10 Å². The maximum atomic E-state index is 5.17. The summed E-state index contributed by atoms with van der Waals surface area (Å²) in [5.74, 6) is 0. The van der Waals surface area contributed by atoms with Crippen LogP contribution in [0.5, 0.6) is 0 Å². The molecule has 0 spiro atoms. The van der Waals surface area contributed by atoms with E-state index in [1.807, 2.05) is 0 Å². The third-order valence-electron chi connectivity index (χ3n) is 1.06. The van der Waals surface area contributed by atoms with Crippen LogP contribution in [0.15, 0.2) is 6.08 Å². The minimum Gasteiger partial charge on any atom is -0.376 e. The lowest BCUT2D eigenvalue weighted by atomic mass is 10.3. The molecule has 0 bridgehead atoms. The summed E-state index contributed by atoms with van der Waals surface area (Å²) in [4.78, 5) is 0. The summed E-state index contributed by atoms with van der Waals surface area (Å²) >= 11 is 0. The second kappa shape index (κ2) is 2.84. The van der Waals surface area contributed by atoms with Gasteiger partial charge in [0, 0.05) is 0 Å². The average Bonchev–Trinajstić information content (AvgIpc) is 1.90. The van der Waals surface area contributed by atoms with Crippen molar-refractivity contribution in [3.63, 3.8) is 0 Å². The molecule has 0 amide bonds. The number of rotatable bonds is 1. The monoisotopic (exact) mass is 113 g/mol. The van der Waals surface area contributed by atoms with Crippen molar-refractivity contribution in [3.05, 3.63) is 12.7 Å². The van der Waals surface area contributed by atoms with Gasteiger partial charge in [-0.2, -0.15) is 0 Å². The Bertz CT molecular complexity index is 74.6. The van der Waals surface area contributed by atoms with E-state index in [9.17, 15) is 0 Å². The van der Waals surface area contributed by atoms with Crippen molar-refractivity contribution < 1.29 is 9.47 Å². The first kappa shape index (κ1) is 5.79. The lowest BCUT2D eigenvalue weighted by Crippen LogP contribution is -2.26. The molecule has 1 heterocycles. The molecule has 1 rings (SSSR count). The van der Waals surface area contributed by atoms with Gasteiger partial charge in [0.2, 0.25) is 0 Å². The molecule has 0 aromatic rings. The van der Waals surface area contributed by atoms with E-state index in [1.165, 1.54) is 6.08 Å². The fraction of sp³-hybridized carbons (Fsp3) is 0.667. The Morgan fingerprint density at radius 2 is 2.38 bits per heavy atom. The molecule has 8 heavy (non-hydrogen) atoms. The lowest BCUT2D eigenvalue weighted by molar-refractivity contribution is -0.0675. The Morgan fingerprint density at radius 1 is 1.50 bits per heavy atom. The number of hydrogen-bond donors (Lipinski definition) is 0. The first-order valence-electron chi connectivity index (χ1n) is 2.68. The average molecular weight is 113 g/mol. The molecule has 2 nitrogen and oxygen atoms in total. The van der Waals surface area contributed by atoms with Gasteiger partial charge in [-0.1, -0.05) is 12.7 Å². The SMILES string of the molecule is [CH]=CC1COCCO1. The van der Waals surface area contributed by atoms with Crippen molar-refractivity contribution in [1.29, 1.82) is 0 Å². The molecular formula is C6H9O2. The van der Waals surface area contributed by atoms with Crippen molar-refractivity contribution in [2.75, 3.05) is 19.8 Å². The zero-order valence-corrected chi connectivity index (χ0v) is 4.67. The van der Waals surface area contributed by atoms with E-state index in [-0.39, 0.29) is 6.10 Å². The van der Waals surface area contributed by atoms with Crippen LogP contribution in [-0.4, -0.2) is 25.9 Å². The Kier molecular flexibility index (Phi) is 2.06. The van der Waals surface area contributed by atoms with E-state index in [4.69, 9.17) is 16.1 Å². The van der Waals surface area contributed by atoms with Crippen LogP contribution in [0, 0.1) is 6.58 Å². The van der Waals surface area contributed by atoms with Gasteiger partial charge in [0.15, 0.2) is 0 Å². The van der Waals surface area contributed by atoms with Crippen LogP contribution in [0.4, 0.5) is 0 Å². The van der Waals surface area contributed by atoms with Gasteiger partial charge in [-0.3, -0.25) is 0 Å². The summed E-state index contributed by atoms with van der Waals surface area (Å²) in [6.45, 7) is 7.14. The van der Waals surface area contributed by atoms with E-state index in [2.05, 4.69) is 0 Å². The van der Waals surface area contributed by atoms with Gasteiger partial charge in [-0.05, 0) is 0 Å².